The molecule has 0 amide bonds. The molecule has 2 aromatic rings. The highest BCUT2D eigenvalue weighted by Crippen LogP contribution is 2.27. The van der Waals surface area contributed by atoms with Gasteiger partial charge in [-0.15, -0.1) is 17.5 Å². The molecule has 1 unspecified atom stereocenters. The summed E-state index contributed by atoms with van der Waals surface area (Å²) in [4.78, 5) is 0. The number of benzene rings is 2. The Kier molecular flexibility index (Phi) is 7.66. The molecule has 0 N–H and O–H groups in total. The van der Waals surface area contributed by atoms with Gasteiger partial charge >= 0.3 is 0 Å². The molecular formula is C23H25Cl. The normalized spacial score (nSPS) is 12.4. The van der Waals surface area contributed by atoms with Crippen molar-refractivity contribution in [3.8, 4) is 11.8 Å². The van der Waals surface area contributed by atoms with E-state index >= 15 is 0 Å². The summed E-state index contributed by atoms with van der Waals surface area (Å²) in [5.41, 5.74) is 4.79. The van der Waals surface area contributed by atoms with Gasteiger partial charge in [0.15, 0.2) is 0 Å². The van der Waals surface area contributed by atoms with Gasteiger partial charge in [0, 0.05) is 12.3 Å². The third kappa shape index (κ3) is 5.59. The lowest BCUT2D eigenvalue weighted by Gasteiger charge is -2.14. The first kappa shape index (κ1) is 18.4. The average molecular weight is 337 g/mol. The van der Waals surface area contributed by atoms with Crippen molar-refractivity contribution in [2.75, 3.05) is 5.88 Å². The molecule has 2 rings (SSSR count). The SMILES string of the molecule is CCCCC#CC(/C(=C/c1ccc(C)cc1)CCl)c1ccccc1. The highest BCUT2D eigenvalue weighted by atomic mass is 35.5. The second kappa shape index (κ2) is 10.0. The van der Waals surface area contributed by atoms with Crippen LogP contribution >= 0.6 is 11.6 Å². The van der Waals surface area contributed by atoms with Crippen LogP contribution in [0.3, 0.4) is 0 Å². The van der Waals surface area contributed by atoms with Crippen molar-refractivity contribution >= 4 is 17.7 Å². The highest BCUT2D eigenvalue weighted by molar-refractivity contribution is 6.20. The number of hydrogen-bond acceptors (Lipinski definition) is 0. The van der Waals surface area contributed by atoms with Crippen molar-refractivity contribution in [2.45, 2.75) is 39.0 Å². The maximum atomic E-state index is 6.30. The first-order valence-electron chi connectivity index (χ1n) is 8.61. The Labute approximate surface area is 151 Å². The molecule has 0 aliphatic rings. The Morgan fingerprint density at radius 3 is 2.42 bits per heavy atom. The Balaban J connectivity index is 2.34. The zero-order valence-corrected chi connectivity index (χ0v) is 15.3. The molecule has 0 aliphatic heterocycles. The number of allylic oxidation sites excluding steroid dienone is 1. The maximum Gasteiger partial charge on any atom is 0.0676 e. The van der Waals surface area contributed by atoms with E-state index in [9.17, 15) is 0 Å². The molecule has 0 nitrogen and oxygen atoms in total. The molecule has 0 saturated carbocycles. The molecule has 124 valence electrons. The van der Waals surface area contributed by atoms with E-state index in [-0.39, 0.29) is 5.92 Å². The summed E-state index contributed by atoms with van der Waals surface area (Å²) < 4.78 is 0. The van der Waals surface area contributed by atoms with Crippen LogP contribution in [0.1, 0.15) is 48.8 Å². The maximum absolute atomic E-state index is 6.30. The van der Waals surface area contributed by atoms with Gasteiger partial charge in [-0.05, 0) is 30.0 Å². The number of rotatable bonds is 6. The van der Waals surface area contributed by atoms with Crippen molar-refractivity contribution in [2.24, 2.45) is 0 Å². The predicted octanol–water partition coefficient (Wildman–Crippen LogP) is 6.59. The summed E-state index contributed by atoms with van der Waals surface area (Å²) in [6.07, 6.45) is 5.44. The van der Waals surface area contributed by atoms with E-state index in [0.29, 0.717) is 5.88 Å². The first-order chi connectivity index (χ1) is 11.7. The van der Waals surface area contributed by atoms with Crippen LogP contribution < -0.4 is 0 Å². The molecular weight excluding hydrogens is 312 g/mol. The van der Waals surface area contributed by atoms with E-state index in [1.165, 1.54) is 23.1 Å². The van der Waals surface area contributed by atoms with Gasteiger partial charge in [0.25, 0.3) is 0 Å². The Bertz CT molecular complexity index is 699. The summed E-state index contributed by atoms with van der Waals surface area (Å²) >= 11 is 6.30. The molecule has 2 aromatic carbocycles. The molecule has 0 aliphatic carbocycles. The van der Waals surface area contributed by atoms with E-state index in [4.69, 9.17) is 11.6 Å². The van der Waals surface area contributed by atoms with E-state index in [2.05, 4.69) is 80.3 Å². The molecule has 24 heavy (non-hydrogen) atoms. The molecule has 1 atom stereocenters. The van der Waals surface area contributed by atoms with Gasteiger partial charge in [-0.2, -0.15) is 0 Å². The summed E-state index contributed by atoms with van der Waals surface area (Å²) in [5.74, 6) is 7.34. The summed E-state index contributed by atoms with van der Waals surface area (Å²) in [7, 11) is 0. The molecule has 0 bridgehead atoms. The van der Waals surface area contributed by atoms with Gasteiger partial charge in [0.1, 0.15) is 0 Å². The van der Waals surface area contributed by atoms with Crippen molar-refractivity contribution in [3.63, 3.8) is 0 Å². The zero-order valence-electron chi connectivity index (χ0n) is 14.6. The van der Waals surface area contributed by atoms with Crippen molar-refractivity contribution in [3.05, 3.63) is 76.9 Å². The van der Waals surface area contributed by atoms with Crippen LogP contribution in [0.25, 0.3) is 6.08 Å². The Morgan fingerprint density at radius 1 is 1.08 bits per heavy atom. The number of alkyl halides is 1. The largest absolute Gasteiger partial charge is 0.122 e. The molecule has 0 spiro atoms. The summed E-state index contributed by atoms with van der Waals surface area (Å²) in [5, 5.41) is 0. The van der Waals surface area contributed by atoms with Crippen molar-refractivity contribution in [1.82, 2.24) is 0 Å². The highest BCUT2D eigenvalue weighted by Gasteiger charge is 2.13. The van der Waals surface area contributed by atoms with Gasteiger partial charge in [0.2, 0.25) is 0 Å². The molecule has 0 saturated heterocycles. The van der Waals surface area contributed by atoms with Gasteiger partial charge in [-0.3, -0.25) is 0 Å². The number of aryl methyl sites for hydroxylation is 1. The van der Waals surface area contributed by atoms with E-state index in [0.717, 1.165) is 18.4 Å². The Hall–Kier alpha value is -1.97. The summed E-state index contributed by atoms with van der Waals surface area (Å²) in [6, 6.07) is 19.0. The minimum atomic E-state index is 0.0573. The second-order valence-corrected chi connectivity index (χ2v) is 6.30. The fraction of sp³-hybridized carbons (Fsp3) is 0.304. The third-order valence-electron chi connectivity index (χ3n) is 3.99. The van der Waals surface area contributed by atoms with E-state index in [1.54, 1.807) is 0 Å². The molecule has 0 radical (unpaired) electrons. The van der Waals surface area contributed by atoms with E-state index < -0.39 is 0 Å². The molecule has 0 fully saturated rings. The predicted molar refractivity (Wildman–Crippen MR) is 106 cm³/mol. The van der Waals surface area contributed by atoms with Crippen LogP contribution in [0, 0.1) is 18.8 Å². The van der Waals surface area contributed by atoms with Crippen molar-refractivity contribution in [1.29, 1.82) is 0 Å². The number of unbranched alkanes of at least 4 members (excludes halogenated alkanes) is 2. The quantitative estimate of drug-likeness (QED) is 0.317. The number of hydrogen-bond donors (Lipinski definition) is 0. The topological polar surface area (TPSA) is 0 Å². The fourth-order valence-electron chi connectivity index (χ4n) is 2.55. The van der Waals surface area contributed by atoms with Crippen LogP contribution in [0.2, 0.25) is 0 Å². The number of halogens is 1. The van der Waals surface area contributed by atoms with Gasteiger partial charge in [-0.1, -0.05) is 85.5 Å². The van der Waals surface area contributed by atoms with Crippen LogP contribution in [0.5, 0.6) is 0 Å². The van der Waals surface area contributed by atoms with E-state index in [1.807, 2.05) is 6.07 Å². The first-order valence-corrected chi connectivity index (χ1v) is 9.14. The van der Waals surface area contributed by atoms with Crippen LogP contribution in [-0.4, -0.2) is 5.88 Å². The van der Waals surface area contributed by atoms with Crippen molar-refractivity contribution < 1.29 is 0 Å². The Morgan fingerprint density at radius 2 is 1.79 bits per heavy atom. The molecule has 0 heterocycles. The monoisotopic (exact) mass is 336 g/mol. The average Bonchev–Trinajstić information content (AvgIpc) is 2.63. The van der Waals surface area contributed by atoms with Gasteiger partial charge in [0.05, 0.1) is 5.92 Å². The minimum Gasteiger partial charge on any atom is -0.122 e. The van der Waals surface area contributed by atoms with Gasteiger partial charge < -0.3 is 0 Å². The fourth-order valence-corrected chi connectivity index (χ4v) is 2.78. The molecule has 0 aromatic heterocycles. The lowest BCUT2D eigenvalue weighted by atomic mass is 9.91. The van der Waals surface area contributed by atoms with Crippen LogP contribution in [0.15, 0.2) is 60.2 Å². The minimum absolute atomic E-state index is 0.0573. The van der Waals surface area contributed by atoms with Gasteiger partial charge in [-0.25, -0.2) is 0 Å². The van der Waals surface area contributed by atoms with Crippen LogP contribution in [-0.2, 0) is 0 Å². The second-order valence-electron chi connectivity index (χ2n) is 6.03. The lowest BCUT2D eigenvalue weighted by molar-refractivity contribution is 0.826. The summed E-state index contributed by atoms with van der Waals surface area (Å²) in [6.45, 7) is 4.29. The van der Waals surface area contributed by atoms with Crippen LogP contribution in [0.4, 0.5) is 0 Å². The third-order valence-corrected chi connectivity index (χ3v) is 4.30. The smallest absolute Gasteiger partial charge is 0.0676 e. The standard InChI is InChI=1S/C23H25Cl/c1-3-4-5-9-12-23(21-10-7-6-8-11-21)22(18-24)17-20-15-13-19(2)14-16-20/h6-8,10-11,13-17,23H,3-5,18H2,1-2H3/b22-17+. The zero-order chi connectivity index (χ0) is 17.2. The lowest BCUT2D eigenvalue weighted by Crippen LogP contribution is -2.02. The molecule has 1 heteroatoms.